The van der Waals surface area contributed by atoms with Gasteiger partial charge >= 0.3 is 0 Å². The maximum Gasteiger partial charge on any atom is 0.253 e. The zero-order valence-corrected chi connectivity index (χ0v) is 17.8. The van der Waals surface area contributed by atoms with Crippen LogP contribution in [0, 0.1) is 11.6 Å². The first kappa shape index (κ1) is 20.1. The van der Waals surface area contributed by atoms with Crippen molar-refractivity contribution in [2.24, 2.45) is 0 Å². The van der Waals surface area contributed by atoms with Crippen LogP contribution in [-0.2, 0) is 6.54 Å². The minimum atomic E-state index is -0.675. The lowest BCUT2D eigenvalue weighted by Crippen LogP contribution is -2.22. The summed E-state index contributed by atoms with van der Waals surface area (Å²) < 4.78 is 27.9. The Morgan fingerprint density at radius 3 is 2.56 bits per heavy atom. The molecule has 0 aliphatic rings. The van der Waals surface area contributed by atoms with Gasteiger partial charge in [-0.1, -0.05) is 23.5 Å². The van der Waals surface area contributed by atoms with E-state index in [0.717, 1.165) is 43.4 Å². The SMILES string of the molecule is CNc1nc2ccc(-c3ccc4[nH]cc(C(=O)NCc5cc(F)cc(F)c5)c4c3)cc2s1. The van der Waals surface area contributed by atoms with E-state index in [0.29, 0.717) is 11.1 Å². The van der Waals surface area contributed by atoms with Gasteiger partial charge in [0.05, 0.1) is 15.8 Å². The van der Waals surface area contributed by atoms with Crippen molar-refractivity contribution in [3.63, 3.8) is 0 Å². The molecule has 0 radical (unpaired) electrons. The monoisotopic (exact) mass is 448 g/mol. The molecule has 2 heterocycles. The molecule has 2 aromatic heterocycles. The Bertz CT molecular complexity index is 1450. The molecule has 8 heteroatoms. The summed E-state index contributed by atoms with van der Waals surface area (Å²) in [6, 6.07) is 15.2. The van der Waals surface area contributed by atoms with Gasteiger partial charge in [-0.05, 0) is 53.1 Å². The average Bonchev–Trinajstić information content (AvgIpc) is 3.39. The van der Waals surface area contributed by atoms with Crippen LogP contribution < -0.4 is 10.6 Å². The number of H-pyrrole nitrogens is 1. The highest BCUT2D eigenvalue weighted by Gasteiger charge is 2.14. The van der Waals surface area contributed by atoms with Gasteiger partial charge in [0.25, 0.3) is 5.91 Å². The number of benzene rings is 3. The number of anilines is 1. The number of aromatic nitrogens is 2. The molecular formula is C24H18F2N4OS. The molecule has 32 heavy (non-hydrogen) atoms. The summed E-state index contributed by atoms with van der Waals surface area (Å²) >= 11 is 1.58. The number of halogens is 2. The van der Waals surface area contributed by atoms with E-state index in [9.17, 15) is 13.6 Å². The minimum absolute atomic E-state index is 0.0235. The van der Waals surface area contributed by atoms with Gasteiger partial charge in [0.2, 0.25) is 0 Å². The molecule has 0 aliphatic carbocycles. The molecule has 5 aromatic rings. The average molecular weight is 448 g/mol. The number of rotatable bonds is 5. The van der Waals surface area contributed by atoms with Crippen LogP contribution in [0.2, 0.25) is 0 Å². The summed E-state index contributed by atoms with van der Waals surface area (Å²) in [6.07, 6.45) is 1.64. The van der Waals surface area contributed by atoms with Crippen LogP contribution in [0.3, 0.4) is 0 Å². The van der Waals surface area contributed by atoms with Crippen molar-refractivity contribution in [1.29, 1.82) is 0 Å². The normalized spacial score (nSPS) is 11.2. The van der Waals surface area contributed by atoms with E-state index in [1.54, 1.807) is 17.5 Å². The van der Waals surface area contributed by atoms with Crippen LogP contribution in [0.25, 0.3) is 32.2 Å². The molecule has 3 aromatic carbocycles. The summed E-state index contributed by atoms with van der Waals surface area (Å²) in [6.45, 7) is 0.0235. The molecule has 160 valence electrons. The Balaban J connectivity index is 1.43. The van der Waals surface area contributed by atoms with Crippen molar-refractivity contribution < 1.29 is 13.6 Å². The lowest BCUT2D eigenvalue weighted by Gasteiger charge is -2.06. The number of amides is 1. The molecule has 0 saturated carbocycles. The summed E-state index contributed by atoms with van der Waals surface area (Å²) in [5.41, 5.74) is 4.57. The first-order chi connectivity index (χ1) is 15.5. The second-order valence-corrected chi connectivity index (χ2v) is 8.41. The van der Waals surface area contributed by atoms with Gasteiger partial charge in [0.1, 0.15) is 11.6 Å². The molecule has 1 amide bonds. The molecule has 0 spiro atoms. The summed E-state index contributed by atoms with van der Waals surface area (Å²) in [7, 11) is 1.84. The Hall–Kier alpha value is -3.78. The maximum absolute atomic E-state index is 13.4. The quantitative estimate of drug-likeness (QED) is 0.323. The number of nitrogens with zero attached hydrogens (tertiary/aromatic N) is 1. The largest absolute Gasteiger partial charge is 0.365 e. The Kier molecular flexibility index (Phi) is 5.07. The van der Waals surface area contributed by atoms with Crippen molar-refractivity contribution in [2.75, 3.05) is 12.4 Å². The molecular weight excluding hydrogens is 430 g/mol. The van der Waals surface area contributed by atoms with Crippen LogP contribution in [-0.4, -0.2) is 22.9 Å². The van der Waals surface area contributed by atoms with Gasteiger partial charge in [-0.25, -0.2) is 13.8 Å². The third kappa shape index (κ3) is 3.80. The number of carbonyl (C=O) groups excluding carboxylic acids is 1. The number of fused-ring (bicyclic) bond motifs is 2. The van der Waals surface area contributed by atoms with Crippen molar-refractivity contribution in [1.82, 2.24) is 15.3 Å². The van der Waals surface area contributed by atoms with Crippen LogP contribution >= 0.6 is 11.3 Å². The van der Waals surface area contributed by atoms with E-state index in [1.165, 1.54) is 12.1 Å². The molecule has 0 bridgehead atoms. The van der Waals surface area contributed by atoms with Crippen molar-refractivity contribution >= 4 is 43.5 Å². The fraction of sp³-hybridized carbons (Fsp3) is 0.0833. The van der Waals surface area contributed by atoms with E-state index in [4.69, 9.17) is 0 Å². The third-order valence-corrected chi connectivity index (χ3v) is 6.27. The van der Waals surface area contributed by atoms with Gasteiger partial charge in [0.15, 0.2) is 5.13 Å². The van der Waals surface area contributed by atoms with E-state index >= 15 is 0 Å². The summed E-state index contributed by atoms with van der Waals surface area (Å²) in [4.78, 5) is 20.4. The van der Waals surface area contributed by atoms with Crippen molar-refractivity contribution in [2.45, 2.75) is 6.54 Å². The smallest absolute Gasteiger partial charge is 0.253 e. The Morgan fingerprint density at radius 2 is 1.78 bits per heavy atom. The highest BCUT2D eigenvalue weighted by atomic mass is 32.1. The predicted molar refractivity (Wildman–Crippen MR) is 124 cm³/mol. The van der Waals surface area contributed by atoms with Gasteiger partial charge in [0, 0.05) is 36.8 Å². The predicted octanol–water partition coefficient (Wildman–Crippen LogP) is 5.69. The molecule has 3 N–H and O–H groups in total. The topological polar surface area (TPSA) is 69.8 Å². The Morgan fingerprint density at radius 1 is 1.03 bits per heavy atom. The van der Waals surface area contributed by atoms with Gasteiger partial charge in [-0.15, -0.1) is 0 Å². The van der Waals surface area contributed by atoms with Crippen LogP contribution in [0.4, 0.5) is 13.9 Å². The van der Waals surface area contributed by atoms with Gasteiger partial charge in [-0.3, -0.25) is 4.79 Å². The maximum atomic E-state index is 13.4. The standard InChI is InChI=1S/C24H18F2N4OS/c1-27-24-30-21-5-3-15(9-22(21)32-24)14-2-4-20-18(8-14)19(12-28-20)23(31)29-11-13-6-16(25)10-17(26)7-13/h2-10,12,28H,11H2,1H3,(H,27,30)(H,29,31). The zero-order valence-electron chi connectivity index (χ0n) is 17.0. The molecule has 5 rings (SSSR count). The highest BCUT2D eigenvalue weighted by molar-refractivity contribution is 7.22. The zero-order chi connectivity index (χ0) is 22.2. The first-order valence-electron chi connectivity index (χ1n) is 9.93. The van der Waals surface area contributed by atoms with Gasteiger partial charge < -0.3 is 15.6 Å². The van der Waals surface area contributed by atoms with Crippen molar-refractivity contribution in [3.8, 4) is 11.1 Å². The second kappa shape index (κ2) is 8.05. The number of carbonyl (C=O) groups is 1. The second-order valence-electron chi connectivity index (χ2n) is 7.37. The molecule has 0 aliphatic heterocycles. The summed E-state index contributed by atoms with van der Waals surface area (Å²) in [5, 5.41) is 7.42. The summed E-state index contributed by atoms with van der Waals surface area (Å²) in [5.74, 6) is -1.67. The minimum Gasteiger partial charge on any atom is -0.365 e. The van der Waals surface area contributed by atoms with Crippen LogP contribution in [0.1, 0.15) is 15.9 Å². The third-order valence-electron chi connectivity index (χ3n) is 5.24. The van der Waals surface area contributed by atoms with E-state index in [1.807, 2.05) is 37.4 Å². The van der Waals surface area contributed by atoms with E-state index in [2.05, 4.69) is 26.7 Å². The first-order valence-corrected chi connectivity index (χ1v) is 10.7. The van der Waals surface area contributed by atoms with Crippen molar-refractivity contribution in [3.05, 3.63) is 83.6 Å². The fourth-order valence-corrected chi connectivity index (χ4v) is 4.55. The lowest BCUT2D eigenvalue weighted by atomic mass is 10.0. The molecule has 0 saturated heterocycles. The molecule has 5 nitrogen and oxygen atoms in total. The number of hydrogen-bond donors (Lipinski definition) is 3. The fourth-order valence-electron chi connectivity index (χ4n) is 3.69. The highest BCUT2D eigenvalue weighted by Crippen LogP contribution is 2.32. The lowest BCUT2D eigenvalue weighted by molar-refractivity contribution is 0.0952. The number of nitrogens with one attached hydrogen (secondary N) is 3. The number of hydrogen-bond acceptors (Lipinski definition) is 4. The van der Waals surface area contributed by atoms with E-state index < -0.39 is 11.6 Å². The molecule has 0 unspecified atom stereocenters. The number of aromatic amines is 1. The molecule has 0 fully saturated rings. The van der Waals surface area contributed by atoms with Crippen LogP contribution in [0.15, 0.2) is 60.8 Å². The Labute approximate surface area is 186 Å². The number of thiazole rings is 1. The van der Waals surface area contributed by atoms with Crippen LogP contribution in [0.5, 0.6) is 0 Å². The molecule has 0 atom stereocenters. The van der Waals surface area contributed by atoms with Gasteiger partial charge in [-0.2, -0.15) is 0 Å². The van der Waals surface area contributed by atoms with E-state index in [-0.39, 0.29) is 12.5 Å².